The molecule has 0 bridgehead atoms. The topological polar surface area (TPSA) is 45.2 Å². The lowest BCUT2D eigenvalue weighted by atomic mass is 10.2. The molecule has 0 aliphatic heterocycles. The van der Waals surface area contributed by atoms with Crippen molar-refractivity contribution in [3.63, 3.8) is 0 Å². The summed E-state index contributed by atoms with van der Waals surface area (Å²) < 4.78 is 14.4. The van der Waals surface area contributed by atoms with E-state index >= 15 is 0 Å². The van der Waals surface area contributed by atoms with Gasteiger partial charge >= 0.3 is 0 Å². The van der Waals surface area contributed by atoms with Crippen LogP contribution in [-0.2, 0) is 0 Å². The van der Waals surface area contributed by atoms with Crippen molar-refractivity contribution < 1.29 is 9.18 Å². The van der Waals surface area contributed by atoms with Crippen LogP contribution in [0.1, 0.15) is 49.9 Å². The number of halogens is 1. The van der Waals surface area contributed by atoms with Gasteiger partial charge in [-0.3, -0.25) is 4.79 Å². The third-order valence-corrected chi connectivity index (χ3v) is 3.62. The summed E-state index contributed by atoms with van der Waals surface area (Å²) in [5.41, 5.74) is 0.123. The Kier molecular flexibility index (Phi) is 5.53. The van der Waals surface area contributed by atoms with E-state index in [9.17, 15) is 9.18 Å². The molecule has 0 spiro atoms. The fourth-order valence-corrected chi connectivity index (χ4v) is 2.30. The van der Waals surface area contributed by atoms with Gasteiger partial charge in [0.1, 0.15) is 0 Å². The maximum Gasteiger partial charge on any atom is 0.257 e. The lowest BCUT2D eigenvalue weighted by Crippen LogP contribution is -2.34. The first kappa shape index (κ1) is 15.7. The zero-order valence-corrected chi connectivity index (χ0v) is 12.9. The number of carbonyl (C=O) groups is 1. The third kappa shape index (κ3) is 4.16. The second-order valence-corrected chi connectivity index (χ2v) is 5.64. The number of anilines is 1. The predicted octanol–water partition coefficient (Wildman–Crippen LogP) is 3.30. The van der Waals surface area contributed by atoms with Gasteiger partial charge in [-0.05, 0) is 37.7 Å². The summed E-state index contributed by atoms with van der Waals surface area (Å²) in [5, 5.41) is 2.93. The van der Waals surface area contributed by atoms with Crippen molar-refractivity contribution in [1.29, 1.82) is 0 Å². The third-order valence-electron chi connectivity index (χ3n) is 3.62. The maximum atomic E-state index is 14.4. The van der Waals surface area contributed by atoms with Gasteiger partial charge in [0, 0.05) is 25.8 Å². The Morgan fingerprint density at radius 1 is 1.43 bits per heavy atom. The highest BCUT2D eigenvalue weighted by molar-refractivity contribution is 5.95. The van der Waals surface area contributed by atoms with Crippen molar-refractivity contribution in [2.75, 3.05) is 25.0 Å². The summed E-state index contributed by atoms with van der Waals surface area (Å²) in [7, 11) is 0. The summed E-state index contributed by atoms with van der Waals surface area (Å²) in [6.45, 7) is 6.09. The van der Waals surface area contributed by atoms with Crippen LogP contribution in [0.2, 0.25) is 0 Å². The predicted molar refractivity (Wildman–Crippen MR) is 81.9 cm³/mol. The maximum absolute atomic E-state index is 14.4. The van der Waals surface area contributed by atoms with Crippen LogP contribution >= 0.6 is 0 Å². The van der Waals surface area contributed by atoms with E-state index < -0.39 is 5.82 Å². The van der Waals surface area contributed by atoms with E-state index in [4.69, 9.17) is 0 Å². The van der Waals surface area contributed by atoms with Gasteiger partial charge < -0.3 is 10.2 Å². The molecule has 1 N–H and O–H groups in total. The number of amides is 1. The molecular formula is C16H24FN3O. The zero-order chi connectivity index (χ0) is 15.2. The van der Waals surface area contributed by atoms with Crippen molar-refractivity contribution in [3.8, 4) is 0 Å². The lowest BCUT2D eigenvalue weighted by molar-refractivity contribution is 0.0743. The number of hydrogen-bond acceptors (Lipinski definition) is 3. The molecule has 4 nitrogen and oxygen atoms in total. The number of aromatic nitrogens is 1. The molecule has 1 aliphatic rings. The molecule has 1 heterocycles. The first-order chi connectivity index (χ1) is 10.2. The second kappa shape index (κ2) is 7.38. The Hall–Kier alpha value is -1.65. The van der Waals surface area contributed by atoms with Crippen molar-refractivity contribution in [3.05, 3.63) is 23.6 Å². The Balaban J connectivity index is 2.15. The van der Waals surface area contributed by atoms with Crippen LogP contribution in [0.3, 0.4) is 0 Å². The molecule has 0 aromatic carbocycles. The average molecular weight is 293 g/mol. The SMILES string of the molecule is CCCNc1nccc(C(=O)N(CCC)CC2CC2)c1F. The van der Waals surface area contributed by atoms with E-state index in [2.05, 4.69) is 10.3 Å². The first-order valence-electron chi connectivity index (χ1n) is 7.85. The van der Waals surface area contributed by atoms with Crippen LogP contribution in [0, 0.1) is 11.7 Å². The largest absolute Gasteiger partial charge is 0.368 e. The van der Waals surface area contributed by atoms with Gasteiger partial charge in [-0.1, -0.05) is 13.8 Å². The van der Waals surface area contributed by atoms with Gasteiger partial charge in [-0.15, -0.1) is 0 Å². The normalized spacial score (nSPS) is 14.0. The molecule has 1 saturated carbocycles. The van der Waals surface area contributed by atoms with Gasteiger partial charge in [0.25, 0.3) is 5.91 Å². The first-order valence-corrected chi connectivity index (χ1v) is 7.85. The average Bonchev–Trinajstić information content (AvgIpc) is 3.29. The lowest BCUT2D eigenvalue weighted by Gasteiger charge is -2.22. The Labute approximate surface area is 125 Å². The summed E-state index contributed by atoms with van der Waals surface area (Å²) in [4.78, 5) is 18.3. The molecule has 0 radical (unpaired) electrons. The van der Waals surface area contributed by atoms with Crippen LogP contribution in [0.5, 0.6) is 0 Å². The molecule has 0 saturated heterocycles. The van der Waals surface area contributed by atoms with Crippen molar-refractivity contribution in [2.45, 2.75) is 39.5 Å². The van der Waals surface area contributed by atoms with Crippen molar-refractivity contribution in [1.82, 2.24) is 9.88 Å². The molecule has 1 aliphatic carbocycles. The minimum absolute atomic E-state index is 0.123. The summed E-state index contributed by atoms with van der Waals surface area (Å²) in [6, 6.07) is 1.48. The van der Waals surface area contributed by atoms with E-state index in [0.29, 0.717) is 19.0 Å². The fraction of sp³-hybridized carbons (Fsp3) is 0.625. The number of pyridine rings is 1. The highest BCUT2D eigenvalue weighted by Crippen LogP contribution is 2.30. The van der Waals surface area contributed by atoms with Crippen LogP contribution in [0.15, 0.2) is 12.3 Å². The number of nitrogens with zero attached hydrogens (tertiary/aromatic N) is 2. The Bertz CT molecular complexity index is 488. The Morgan fingerprint density at radius 2 is 2.19 bits per heavy atom. The van der Waals surface area contributed by atoms with Gasteiger partial charge in [0.15, 0.2) is 11.6 Å². The highest BCUT2D eigenvalue weighted by Gasteiger charge is 2.28. The van der Waals surface area contributed by atoms with Crippen molar-refractivity contribution >= 4 is 11.7 Å². The monoisotopic (exact) mass is 293 g/mol. The number of carbonyl (C=O) groups excluding carboxylic acids is 1. The van der Waals surface area contributed by atoms with E-state index in [-0.39, 0.29) is 17.3 Å². The summed E-state index contributed by atoms with van der Waals surface area (Å²) in [5.74, 6) is 0.0182. The zero-order valence-electron chi connectivity index (χ0n) is 12.9. The molecule has 2 rings (SSSR count). The quantitative estimate of drug-likeness (QED) is 0.800. The van der Waals surface area contributed by atoms with E-state index in [1.807, 2.05) is 13.8 Å². The molecule has 116 valence electrons. The number of hydrogen-bond donors (Lipinski definition) is 1. The van der Waals surface area contributed by atoms with Crippen LogP contribution in [-0.4, -0.2) is 35.4 Å². The minimum Gasteiger partial charge on any atom is -0.368 e. The van der Waals surface area contributed by atoms with Gasteiger partial charge in [0.05, 0.1) is 5.56 Å². The van der Waals surface area contributed by atoms with E-state index in [1.165, 1.54) is 25.1 Å². The standard InChI is InChI=1S/C16H24FN3O/c1-3-8-18-15-14(17)13(7-9-19-15)16(21)20(10-4-2)11-12-5-6-12/h7,9,12H,3-6,8,10-11H2,1-2H3,(H,18,19). The van der Waals surface area contributed by atoms with Gasteiger partial charge in [0.2, 0.25) is 0 Å². The summed E-state index contributed by atoms with van der Waals surface area (Å²) >= 11 is 0. The van der Waals surface area contributed by atoms with E-state index in [0.717, 1.165) is 19.4 Å². The smallest absolute Gasteiger partial charge is 0.257 e. The molecule has 21 heavy (non-hydrogen) atoms. The van der Waals surface area contributed by atoms with Crippen LogP contribution in [0.25, 0.3) is 0 Å². The highest BCUT2D eigenvalue weighted by atomic mass is 19.1. The summed E-state index contributed by atoms with van der Waals surface area (Å²) in [6.07, 6.45) is 5.61. The molecule has 0 atom stereocenters. The Morgan fingerprint density at radius 3 is 2.81 bits per heavy atom. The number of rotatable bonds is 8. The molecule has 1 aromatic rings. The van der Waals surface area contributed by atoms with Crippen LogP contribution < -0.4 is 5.32 Å². The minimum atomic E-state index is -0.534. The molecule has 5 heteroatoms. The second-order valence-electron chi connectivity index (χ2n) is 5.64. The fourth-order valence-electron chi connectivity index (χ4n) is 2.30. The molecule has 0 unspecified atom stereocenters. The van der Waals surface area contributed by atoms with Gasteiger partial charge in [-0.25, -0.2) is 9.37 Å². The van der Waals surface area contributed by atoms with E-state index in [1.54, 1.807) is 4.90 Å². The number of nitrogens with one attached hydrogen (secondary N) is 1. The van der Waals surface area contributed by atoms with Gasteiger partial charge in [-0.2, -0.15) is 0 Å². The molecular weight excluding hydrogens is 269 g/mol. The molecule has 1 aromatic heterocycles. The van der Waals surface area contributed by atoms with Crippen LogP contribution in [0.4, 0.5) is 10.2 Å². The van der Waals surface area contributed by atoms with Crippen molar-refractivity contribution in [2.24, 2.45) is 5.92 Å². The molecule has 1 amide bonds. The molecule has 1 fully saturated rings.